The van der Waals surface area contributed by atoms with Crippen LogP contribution in [0.2, 0.25) is 5.02 Å². The van der Waals surface area contributed by atoms with Crippen LogP contribution in [-0.2, 0) is 4.79 Å². The molecular formula is C15H20ClN3O2. The third kappa shape index (κ3) is 5.34. The Hall–Kier alpha value is -1.62. The van der Waals surface area contributed by atoms with E-state index < -0.39 is 0 Å². The number of amides is 1. The number of hydrogen-bond donors (Lipinski definition) is 1. The van der Waals surface area contributed by atoms with Crippen molar-refractivity contribution in [2.45, 2.75) is 50.7 Å². The molecule has 1 N–H and O–H groups in total. The van der Waals surface area contributed by atoms with E-state index in [1.54, 1.807) is 6.08 Å². The minimum Gasteiger partial charge on any atom is -0.460 e. The number of nitrogens with one attached hydrogen (secondary N) is 1. The van der Waals surface area contributed by atoms with Crippen LogP contribution in [-0.4, -0.2) is 28.0 Å². The molecule has 1 aromatic heterocycles. The number of rotatable bonds is 6. The van der Waals surface area contributed by atoms with Crippen LogP contribution in [0, 0.1) is 0 Å². The molecule has 1 aromatic rings. The Balaban J connectivity index is 1.71. The van der Waals surface area contributed by atoms with Gasteiger partial charge in [-0.15, -0.1) is 6.58 Å². The van der Waals surface area contributed by atoms with E-state index in [1.165, 1.54) is 12.4 Å². The average molecular weight is 310 g/mol. The van der Waals surface area contributed by atoms with Gasteiger partial charge in [-0.25, -0.2) is 9.97 Å². The second-order valence-corrected chi connectivity index (χ2v) is 5.61. The van der Waals surface area contributed by atoms with Gasteiger partial charge in [0.2, 0.25) is 5.91 Å². The molecule has 5 nitrogen and oxygen atoms in total. The van der Waals surface area contributed by atoms with Crippen LogP contribution in [0.5, 0.6) is 6.01 Å². The van der Waals surface area contributed by atoms with Crippen LogP contribution >= 0.6 is 11.6 Å². The van der Waals surface area contributed by atoms with E-state index in [9.17, 15) is 4.79 Å². The van der Waals surface area contributed by atoms with Crippen LogP contribution in [0.15, 0.2) is 25.0 Å². The molecule has 0 saturated heterocycles. The van der Waals surface area contributed by atoms with Crippen molar-refractivity contribution in [2.75, 3.05) is 0 Å². The Morgan fingerprint density at radius 3 is 2.67 bits per heavy atom. The zero-order chi connectivity index (χ0) is 15.1. The first-order chi connectivity index (χ1) is 10.2. The summed E-state index contributed by atoms with van der Waals surface area (Å²) < 4.78 is 5.72. The highest BCUT2D eigenvalue weighted by molar-refractivity contribution is 6.30. The molecular weight excluding hydrogens is 290 g/mol. The summed E-state index contributed by atoms with van der Waals surface area (Å²) in [4.78, 5) is 19.7. The highest BCUT2D eigenvalue weighted by atomic mass is 35.5. The number of allylic oxidation sites excluding steroid dienone is 1. The van der Waals surface area contributed by atoms with Crippen LogP contribution < -0.4 is 10.1 Å². The number of carbonyl (C=O) groups excluding carboxylic acids is 1. The fourth-order valence-corrected chi connectivity index (χ4v) is 2.47. The highest BCUT2D eigenvalue weighted by Crippen LogP contribution is 2.22. The maximum absolute atomic E-state index is 11.7. The van der Waals surface area contributed by atoms with Gasteiger partial charge in [-0.2, -0.15) is 0 Å². The first kappa shape index (κ1) is 15.8. The van der Waals surface area contributed by atoms with Crippen LogP contribution in [0.25, 0.3) is 0 Å². The Bertz CT molecular complexity index is 470. The van der Waals surface area contributed by atoms with Gasteiger partial charge in [0.15, 0.2) is 0 Å². The Kier molecular flexibility index (Phi) is 5.99. The average Bonchev–Trinajstić information content (AvgIpc) is 2.49. The van der Waals surface area contributed by atoms with E-state index in [0.29, 0.717) is 17.5 Å². The number of hydrogen-bond acceptors (Lipinski definition) is 4. The van der Waals surface area contributed by atoms with Gasteiger partial charge >= 0.3 is 6.01 Å². The van der Waals surface area contributed by atoms with Crippen molar-refractivity contribution in [1.29, 1.82) is 0 Å². The van der Waals surface area contributed by atoms with E-state index in [0.717, 1.165) is 32.1 Å². The molecule has 0 spiro atoms. The summed E-state index contributed by atoms with van der Waals surface area (Å²) in [5.41, 5.74) is 0. The van der Waals surface area contributed by atoms with Gasteiger partial charge in [0.25, 0.3) is 0 Å². The molecule has 1 saturated carbocycles. The molecule has 21 heavy (non-hydrogen) atoms. The molecule has 2 rings (SSSR count). The first-order valence-electron chi connectivity index (χ1n) is 7.22. The first-order valence-corrected chi connectivity index (χ1v) is 7.59. The molecule has 114 valence electrons. The molecule has 0 bridgehead atoms. The standard InChI is InChI=1S/C15H20ClN3O2/c1-2-3-4-14(20)19-12-5-7-13(8-6-12)21-15-17-9-11(16)10-18-15/h2,9-10,12-13H,1,3-8H2,(H,19,20). The van der Waals surface area contributed by atoms with Crippen LogP contribution in [0.3, 0.4) is 0 Å². The number of halogens is 1. The number of nitrogens with zero attached hydrogens (tertiary/aromatic N) is 2. The van der Waals surface area contributed by atoms with E-state index >= 15 is 0 Å². The number of aromatic nitrogens is 2. The topological polar surface area (TPSA) is 64.1 Å². The molecule has 1 heterocycles. The summed E-state index contributed by atoms with van der Waals surface area (Å²) in [7, 11) is 0. The van der Waals surface area contributed by atoms with Gasteiger partial charge in [-0.1, -0.05) is 17.7 Å². The van der Waals surface area contributed by atoms with E-state index in [2.05, 4.69) is 21.9 Å². The molecule has 0 aliphatic heterocycles. The maximum Gasteiger partial charge on any atom is 0.316 e. The lowest BCUT2D eigenvalue weighted by Crippen LogP contribution is -2.39. The smallest absolute Gasteiger partial charge is 0.316 e. The normalized spacial score (nSPS) is 21.6. The minimum absolute atomic E-state index is 0.0975. The van der Waals surface area contributed by atoms with Crippen molar-refractivity contribution in [3.05, 3.63) is 30.1 Å². The molecule has 6 heteroatoms. The summed E-state index contributed by atoms with van der Waals surface area (Å²) >= 11 is 5.73. The molecule has 1 amide bonds. The summed E-state index contributed by atoms with van der Waals surface area (Å²) in [6.45, 7) is 3.62. The van der Waals surface area contributed by atoms with E-state index in [1.807, 2.05) is 0 Å². The van der Waals surface area contributed by atoms with Crippen molar-refractivity contribution in [3.63, 3.8) is 0 Å². The summed E-state index contributed by atoms with van der Waals surface area (Å²) in [6, 6.07) is 0.603. The Morgan fingerprint density at radius 2 is 2.05 bits per heavy atom. The molecule has 1 aliphatic carbocycles. The number of carbonyl (C=O) groups is 1. The lowest BCUT2D eigenvalue weighted by molar-refractivity contribution is -0.122. The summed E-state index contributed by atoms with van der Waals surface area (Å²) in [5.74, 6) is 0.0975. The van der Waals surface area contributed by atoms with Gasteiger partial charge in [-0.3, -0.25) is 4.79 Å². The predicted molar refractivity (Wildman–Crippen MR) is 81.3 cm³/mol. The predicted octanol–water partition coefficient (Wildman–Crippen LogP) is 2.90. The van der Waals surface area contributed by atoms with Gasteiger partial charge in [-0.05, 0) is 32.1 Å². The van der Waals surface area contributed by atoms with Crippen molar-refractivity contribution < 1.29 is 9.53 Å². The molecule has 0 aromatic carbocycles. The number of ether oxygens (including phenoxy) is 1. The highest BCUT2D eigenvalue weighted by Gasteiger charge is 2.23. The summed E-state index contributed by atoms with van der Waals surface area (Å²) in [5, 5.41) is 3.55. The lowest BCUT2D eigenvalue weighted by atomic mass is 9.93. The Labute approximate surface area is 129 Å². The summed E-state index contributed by atoms with van der Waals surface area (Å²) in [6.07, 6.45) is 9.75. The van der Waals surface area contributed by atoms with Crippen LogP contribution in [0.4, 0.5) is 0 Å². The second kappa shape index (κ2) is 7.98. The van der Waals surface area contributed by atoms with Gasteiger partial charge in [0.05, 0.1) is 17.4 Å². The van der Waals surface area contributed by atoms with Crippen molar-refractivity contribution in [2.24, 2.45) is 0 Å². The van der Waals surface area contributed by atoms with Gasteiger partial charge in [0, 0.05) is 12.5 Å². The van der Waals surface area contributed by atoms with E-state index in [-0.39, 0.29) is 18.1 Å². The third-order valence-electron chi connectivity index (χ3n) is 3.48. The van der Waals surface area contributed by atoms with Crippen LogP contribution in [0.1, 0.15) is 38.5 Å². The van der Waals surface area contributed by atoms with Gasteiger partial charge in [0.1, 0.15) is 6.10 Å². The van der Waals surface area contributed by atoms with Gasteiger partial charge < -0.3 is 10.1 Å². The zero-order valence-electron chi connectivity index (χ0n) is 11.9. The molecule has 1 fully saturated rings. The quantitative estimate of drug-likeness (QED) is 0.821. The fraction of sp³-hybridized carbons (Fsp3) is 0.533. The largest absolute Gasteiger partial charge is 0.460 e. The minimum atomic E-state index is 0.0975. The van der Waals surface area contributed by atoms with E-state index in [4.69, 9.17) is 16.3 Å². The molecule has 0 unspecified atom stereocenters. The third-order valence-corrected chi connectivity index (χ3v) is 3.68. The lowest BCUT2D eigenvalue weighted by Gasteiger charge is -2.28. The Morgan fingerprint density at radius 1 is 1.38 bits per heavy atom. The molecule has 1 aliphatic rings. The maximum atomic E-state index is 11.7. The zero-order valence-corrected chi connectivity index (χ0v) is 12.7. The fourth-order valence-electron chi connectivity index (χ4n) is 2.37. The molecule has 0 radical (unpaired) electrons. The van der Waals surface area contributed by atoms with Crippen molar-refractivity contribution >= 4 is 17.5 Å². The second-order valence-electron chi connectivity index (χ2n) is 5.17. The monoisotopic (exact) mass is 309 g/mol. The SMILES string of the molecule is C=CCCC(=O)NC1CCC(Oc2ncc(Cl)cn2)CC1. The molecule has 0 atom stereocenters. The van der Waals surface area contributed by atoms with Crippen molar-refractivity contribution in [1.82, 2.24) is 15.3 Å². The van der Waals surface area contributed by atoms with Crippen molar-refractivity contribution in [3.8, 4) is 6.01 Å².